The van der Waals surface area contributed by atoms with E-state index in [0.717, 1.165) is 18.6 Å². The monoisotopic (exact) mass is 282 g/mol. The number of hydrogen-bond donors (Lipinski definition) is 4. The Balaban J connectivity index is 2.50. The van der Waals surface area contributed by atoms with E-state index < -0.39 is 12.1 Å². The largest absolute Gasteiger partial charge is 0.350 e. The summed E-state index contributed by atoms with van der Waals surface area (Å²) in [5, 5.41) is 7.71. The van der Waals surface area contributed by atoms with Gasteiger partial charge in [0.25, 0.3) is 0 Å². The van der Waals surface area contributed by atoms with E-state index in [4.69, 9.17) is 11.5 Å². The number of nitrogens with one attached hydrogen (secondary N) is 2. The molecule has 1 saturated carbocycles. The molecule has 2 atom stereocenters. The maximum absolute atomic E-state index is 10.6. The molecule has 0 aromatic carbocycles. The maximum Gasteiger partial charge on any atom is 0.332 e. The van der Waals surface area contributed by atoms with E-state index in [1.54, 1.807) is 6.21 Å². The smallest absolute Gasteiger partial charge is 0.332 e. The van der Waals surface area contributed by atoms with Crippen molar-refractivity contribution in [2.24, 2.45) is 38.9 Å². The highest BCUT2D eigenvalue weighted by atomic mass is 16.2. The van der Waals surface area contributed by atoms with Crippen molar-refractivity contribution >= 4 is 24.0 Å². The molecule has 0 radical (unpaired) electrons. The van der Waals surface area contributed by atoms with Crippen LogP contribution in [0, 0.1) is 17.3 Å². The van der Waals surface area contributed by atoms with Gasteiger partial charge in [-0.2, -0.15) is 10.2 Å². The number of hydrogen-bond acceptors (Lipinski definition) is 4. The fourth-order valence-corrected chi connectivity index (χ4v) is 2.64. The van der Waals surface area contributed by atoms with Crippen molar-refractivity contribution in [1.82, 2.24) is 10.9 Å². The van der Waals surface area contributed by atoms with E-state index in [1.807, 2.05) is 6.92 Å². The van der Waals surface area contributed by atoms with Crippen molar-refractivity contribution in [3.8, 4) is 0 Å². The summed E-state index contributed by atoms with van der Waals surface area (Å²) in [6.45, 7) is 6.16. The average molecular weight is 282 g/mol. The molecule has 0 heterocycles. The first-order valence-electron chi connectivity index (χ1n) is 6.41. The van der Waals surface area contributed by atoms with E-state index in [1.165, 1.54) is 0 Å². The Labute approximate surface area is 118 Å². The van der Waals surface area contributed by atoms with Gasteiger partial charge in [-0.05, 0) is 31.1 Å². The first kappa shape index (κ1) is 15.9. The molecule has 0 spiro atoms. The van der Waals surface area contributed by atoms with Gasteiger partial charge in [0.2, 0.25) is 0 Å². The van der Waals surface area contributed by atoms with Crippen LogP contribution in [0.5, 0.6) is 0 Å². The molecular weight excluding hydrogens is 260 g/mol. The fraction of sp³-hybridized carbons (Fsp3) is 0.667. The zero-order valence-corrected chi connectivity index (χ0v) is 12.0. The molecule has 0 aromatic rings. The van der Waals surface area contributed by atoms with Crippen LogP contribution < -0.4 is 22.3 Å². The van der Waals surface area contributed by atoms with Gasteiger partial charge in [0.05, 0.1) is 0 Å². The minimum atomic E-state index is -0.674. The molecule has 6 N–H and O–H groups in total. The molecule has 1 aliphatic rings. The SMILES string of the molecule is C/C(=N\NC(N)=O)C1CC(C/C=N/NC(N)=O)C1(C)C. The Morgan fingerprint density at radius 3 is 2.40 bits per heavy atom. The summed E-state index contributed by atoms with van der Waals surface area (Å²) in [6.07, 6.45) is 3.35. The summed E-state index contributed by atoms with van der Waals surface area (Å²) in [6, 6.07) is -1.34. The molecule has 0 aromatic heterocycles. The summed E-state index contributed by atoms with van der Waals surface area (Å²) >= 11 is 0. The lowest BCUT2D eigenvalue weighted by Crippen LogP contribution is -2.48. The van der Waals surface area contributed by atoms with Gasteiger partial charge >= 0.3 is 12.1 Å². The second-order valence-corrected chi connectivity index (χ2v) is 5.56. The van der Waals surface area contributed by atoms with E-state index in [9.17, 15) is 9.59 Å². The van der Waals surface area contributed by atoms with Crippen molar-refractivity contribution in [1.29, 1.82) is 0 Å². The van der Waals surface area contributed by atoms with Gasteiger partial charge in [-0.15, -0.1) is 0 Å². The molecule has 2 unspecified atom stereocenters. The predicted octanol–water partition coefficient (Wildman–Crippen LogP) is 0.737. The topological polar surface area (TPSA) is 135 Å². The maximum atomic E-state index is 10.6. The number of amides is 4. The van der Waals surface area contributed by atoms with Crippen LogP contribution in [-0.2, 0) is 0 Å². The Bertz CT molecular complexity index is 443. The molecule has 0 bridgehead atoms. The van der Waals surface area contributed by atoms with Crippen LogP contribution in [0.1, 0.15) is 33.6 Å². The quantitative estimate of drug-likeness (QED) is 0.437. The predicted molar refractivity (Wildman–Crippen MR) is 77.0 cm³/mol. The third-order valence-electron chi connectivity index (χ3n) is 3.97. The van der Waals surface area contributed by atoms with Crippen molar-refractivity contribution < 1.29 is 9.59 Å². The number of nitrogens with zero attached hydrogens (tertiary/aromatic N) is 2. The van der Waals surface area contributed by atoms with Crippen molar-refractivity contribution in [2.45, 2.75) is 33.6 Å². The molecule has 0 aliphatic heterocycles. The van der Waals surface area contributed by atoms with Crippen LogP contribution >= 0.6 is 0 Å². The summed E-state index contributed by atoms with van der Waals surface area (Å²) in [4.78, 5) is 21.1. The van der Waals surface area contributed by atoms with Crippen LogP contribution in [0.3, 0.4) is 0 Å². The van der Waals surface area contributed by atoms with Gasteiger partial charge in [-0.25, -0.2) is 20.4 Å². The standard InChI is InChI=1S/C12H22N6O2/c1-7(16-18-11(14)20)9-6-8(12(9,2)3)4-5-15-17-10(13)19/h5,8-9H,4,6H2,1-3H3,(H3,13,17,19)(H3,14,18,20)/b15-5+,16-7+. The summed E-state index contributed by atoms with van der Waals surface area (Å²) in [5.41, 5.74) is 15.2. The van der Waals surface area contributed by atoms with Crippen LogP contribution in [0.4, 0.5) is 9.59 Å². The number of primary amides is 2. The molecule has 1 rings (SSSR count). The number of carbonyl (C=O) groups is 2. The van der Waals surface area contributed by atoms with E-state index in [0.29, 0.717) is 5.92 Å². The van der Waals surface area contributed by atoms with Crippen LogP contribution in [0.15, 0.2) is 10.2 Å². The van der Waals surface area contributed by atoms with Gasteiger partial charge in [0, 0.05) is 17.8 Å². The molecule has 1 fully saturated rings. The lowest BCUT2D eigenvalue weighted by Gasteiger charge is -2.52. The van der Waals surface area contributed by atoms with Gasteiger partial charge in [-0.3, -0.25) is 0 Å². The molecule has 4 amide bonds. The molecule has 112 valence electrons. The molecular formula is C12H22N6O2. The lowest BCUT2D eigenvalue weighted by molar-refractivity contribution is 0.0303. The zero-order chi connectivity index (χ0) is 15.3. The zero-order valence-electron chi connectivity index (χ0n) is 12.0. The number of rotatable bonds is 5. The molecule has 8 nitrogen and oxygen atoms in total. The van der Waals surface area contributed by atoms with Crippen molar-refractivity contribution in [3.05, 3.63) is 0 Å². The Morgan fingerprint density at radius 2 is 1.90 bits per heavy atom. The van der Waals surface area contributed by atoms with Gasteiger partial charge < -0.3 is 11.5 Å². The van der Waals surface area contributed by atoms with Gasteiger partial charge in [0.1, 0.15) is 0 Å². The summed E-state index contributed by atoms with van der Waals surface area (Å²) < 4.78 is 0. The van der Waals surface area contributed by atoms with E-state index in [-0.39, 0.29) is 11.3 Å². The van der Waals surface area contributed by atoms with Crippen molar-refractivity contribution in [3.63, 3.8) is 0 Å². The number of nitrogens with two attached hydrogens (primary N) is 2. The highest BCUT2D eigenvalue weighted by Crippen LogP contribution is 2.53. The minimum absolute atomic E-state index is 0.0473. The third kappa shape index (κ3) is 3.94. The summed E-state index contributed by atoms with van der Waals surface area (Å²) in [7, 11) is 0. The van der Waals surface area contributed by atoms with E-state index in [2.05, 4.69) is 34.9 Å². The molecule has 8 heteroatoms. The Hall–Kier alpha value is -2.12. The van der Waals surface area contributed by atoms with Crippen LogP contribution in [0.2, 0.25) is 0 Å². The molecule has 0 saturated heterocycles. The fourth-order valence-electron chi connectivity index (χ4n) is 2.64. The van der Waals surface area contributed by atoms with Gasteiger partial charge in [0.15, 0.2) is 0 Å². The van der Waals surface area contributed by atoms with E-state index >= 15 is 0 Å². The average Bonchev–Trinajstić information content (AvgIpc) is 2.33. The van der Waals surface area contributed by atoms with Gasteiger partial charge in [-0.1, -0.05) is 13.8 Å². The second kappa shape index (κ2) is 6.36. The highest BCUT2D eigenvalue weighted by molar-refractivity contribution is 5.87. The highest BCUT2D eigenvalue weighted by Gasteiger charge is 2.48. The Kier molecular flexibility index (Phi) is 5.06. The number of carbonyl (C=O) groups excluding carboxylic acids is 2. The Morgan fingerprint density at radius 1 is 1.30 bits per heavy atom. The van der Waals surface area contributed by atoms with Crippen molar-refractivity contribution in [2.75, 3.05) is 0 Å². The molecule has 20 heavy (non-hydrogen) atoms. The molecule has 1 aliphatic carbocycles. The lowest BCUT2D eigenvalue weighted by atomic mass is 9.52. The first-order chi connectivity index (χ1) is 9.25. The third-order valence-corrected chi connectivity index (χ3v) is 3.97. The first-order valence-corrected chi connectivity index (χ1v) is 6.41. The second-order valence-electron chi connectivity index (χ2n) is 5.56. The number of urea groups is 2. The minimum Gasteiger partial charge on any atom is -0.350 e. The number of hydrazone groups is 2. The van der Waals surface area contributed by atoms with Crippen LogP contribution in [-0.4, -0.2) is 24.0 Å². The van der Waals surface area contributed by atoms with Crippen LogP contribution in [0.25, 0.3) is 0 Å². The normalized spacial score (nSPS) is 25.1. The summed E-state index contributed by atoms with van der Waals surface area (Å²) in [5.74, 6) is 0.724.